The number of rotatable bonds is 3. The number of hydrazine groups is 1. The van der Waals surface area contributed by atoms with Gasteiger partial charge in [0.25, 0.3) is 17.4 Å². The van der Waals surface area contributed by atoms with E-state index in [0.717, 1.165) is 0 Å². The number of hydrogen-bond acceptors (Lipinski definition) is 3. The first-order valence-corrected chi connectivity index (χ1v) is 7.17. The van der Waals surface area contributed by atoms with Crippen molar-refractivity contribution in [3.63, 3.8) is 0 Å². The Balaban J connectivity index is 2.00. The van der Waals surface area contributed by atoms with Gasteiger partial charge >= 0.3 is 6.18 Å². The lowest BCUT2D eigenvalue weighted by Gasteiger charge is -2.11. The molecule has 0 atom stereocenters. The Hall–Kier alpha value is -2.81. The summed E-state index contributed by atoms with van der Waals surface area (Å²) in [5.41, 5.74) is 2.46. The van der Waals surface area contributed by atoms with Crippen LogP contribution in [-0.4, -0.2) is 16.4 Å². The predicted octanol–water partition coefficient (Wildman–Crippen LogP) is 1.98. The summed E-state index contributed by atoms with van der Waals surface area (Å²) in [5, 5.41) is 0.421. The molecule has 0 aliphatic heterocycles. The second-order valence-electron chi connectivity index (χ2n) is 4.89. The van der Waals surface area contributed by atoms with Crippen LogP contribution < -0.4 is 16.4 Å². The van der Waals surface area contributed by atoms with Gasteiger partial charge in [-0.1, -0.05) is 11.6 Å². The van der Waals surface area contributed by atoms with Crippen LogP contribution in [0.15, 0.2) is 47.4 Å². The fraction of sp³-hybridized carbons (Fsp3) is 0.133. The van der Waals surface area contributed by atoms with Gasteiger partial charge in [0, 0.05) is 22.8 Å². The van der Waals surface area contributed by atoms with Gasteiger partial charge in [-0.15, -0.1) is 0 Å². The van der Waals surface area contributed by atoms with Gasteiger partial charge in [0.1, 0.15) is 6.54 Å². The van der Waals surface area contributed by atoms with Crippen LogP contribution in [0.3, 0.4) is 0 Å². The van der Waals surface area contributed by atoms with E-state index in [1.807, 2.05) is 5.43 Å². The van der Waals surface area contributed by atoms with E-state index in [1.54, 1.807) is 0 Å². The molecule has 0 aliphatic carbocycles. The van der Waals surface area contributed by atoms with Gasteiger partial charge in [-0.25, -0.2) is 0 Å². The number of carbonyl (C=O) groups excluding carboxylic acids is 2. The lowest BCUT2D eigenvalue weighted by atomic mass is 10.2. The van der Waals surface area contributed by atoms with Crippen LogP contribution in [0, 0.1) is 0 Å². The minimum absolute atomic E-state index is 0.209. The van der Waals surface area contributed by atoms with E-state index in [0.29, 0.717) is 27.9 Å². The van der Waals surface area contributed by atoms with Gasteiger partial charge in [0.2, 0.25) is 0 Å². The minimum atomic E-state index is -4.64. The Bertz CT molecular complexity index is 848. The maximum atomic E-state index is 12.6. The van der Waals surface area contributed by atoms with Crippen molar-refractivity contribution < 1.29 is 22.8 Å². The van der Waals surface area contributed by atoms with Gasteiger partial charge in [-0.3, -0.25) is 25.2 Å². The second kappa shape index (κ2) is 7.39. The molecular weight excluding hydrogens is 363 g/mol. The molecule has 0 fully saturated rings. The van der Waals surface area contributed by atoms with E-state index >= 15 is 0 Å². The Kier molecular flexibility index (Phi) is 5.48. The smallest absolute Gasteiger partial charge is 0.305 e. The standard InChI is InChI=1S/C15H11ClF3N3O3/c16-11-4-1-9(2-5-11)14(25)21-20-12(23)8-22-7-10(15(17,18)19)3-6-13(22)24/h1-7H,8H2,(H,20,23)(H,21,25). The zero-order valence-electron chi connectivity index (χ0n) is 12.4. The third-order valence-electron chi connectivity index (χ3n) is 3.05. The summed E-state index contributed by atoms with van der Waals surface area (Å²) in [5.74, 6) is -1.52. The Morgan fingerprint density at radius 2 is 1.68 bits per heavy atom. The number of benzene rings is 1. The van der Waals surface area contributed by atoms with Gasteiger partial charge in [0.05, 0.1) is 5.56 Å². The lowest BCUT2D eigenvalue weighted by Crippen LogP contribution is -2.44. The molecule has 0 unspecified atom stereocenters. The van der Waals surface area contributed by atoms with Crippen molar-refractivity contribution in [1.82, 2.24) is 15.4 Å². The highest BCUT2D eigenvalue weighted by Gasteiger charge is 2.31. The summed E-state index contributed by atoms with van der Waals surface area (Å²) in [7, 11) is 0. The van der Waals surface area contributed by atoms with Crippen LogP contribution in [0.1, 0.15) is 15.9 Å². The summed E-state index contributed by atoms with van der Waals surface area (Å²) in [6.45, 7) is -0.691. The number of hydrogen-bond donors (Lipinski definition) is 2. The van der Waals surface area contributed by atoms with Crippen molar-refractivity contribution >= 4 is 23.4 Å². The van der Waals surface area contributed by atoms with Crippen LogP contribution >= 0.6 is 11.6 Å². The molecule has 0 bridgehead atoms. The largest absolute Gasteiger partial charge is 0.417 e. The third kappa shape index (κ3) is 5.08. The molecule has 2 amide bonds. The third-order valence-corrected chi connectivity index (χ3v) is 3.30. The molecule has 2 N–H and O–H groups in total. The highest BCUT2D eigenvalue weighted by atomic mass is 35.5. The fourth-order valence-electron chi connectivity index (χ4n) is 1.82. The van der Waals surface area contributed by atoms with Gasteiger partial charge < -0.3 is 4.57 Å². The number of amides is 2. The first-order valence-electron chi connectivity index (χ1n) is 6.79. The van der Waals surface area contributed by atoms with Crippen molar-refractivity contribution in [2.45, 2.75) is 12.7 Å². The molecule has 0 saturated heterocycles. The van der Waals surface area contributed by atoms with E-state index in [-0.39, 0.29) is 5.56 Å². The number of carbonyl (C=O) groups is 2. The van der Waals surface area contributed by atoms with Gasteiger partial charge in [-0.05, 0) is 30.3 Å². The van der Waals surface area contributed by atoms with Crippen molar-refractivity contribution in [1.29, 1.82) is 0 Å². The van der Waals surface area contributed by atoms with Crippen LogP contribution in [0.5, 0.6) is 0 Å². The molecule has 0 aliphatic rings. The zero-order chi connectivity index (χ0) is 18.6. The molecule has 6 nitrogen and oxygen atoms in total. The minimum Gasteiger partial charge on any atom is -0.305 e. The molecule has 132 valence electrons. The second-order valence-corrected chi connectivity index (χ2v) is 5.33. The van der Waals surface area contributed by atoms with Crippen LogP contribution in [0.4, 0.5) is 13.2 Å². The molecular formula is C15H11ClF3N3O3. The van der Waals surface area contributed by atoms with Crippen LogP contribution in [-0.2, 0) is 17.5 Å². The average Bonchev–Trinajstić information content (AvgIpc) is 2.54. The normalized spacial score (nSPS) is 11.0. The summed E-state index contributed by atoms with van der Waals surface area (Å²) in [4.78, 5) is 35.0. The maximum Gasteiger partial charge on any atom is 0.417 e. The molecule has 0 saturated carbocycles. The molecule has 10 heteroatoms. The van der Waals surface area contributed by atoms with E-state index in [1.165, 1.54) is 24.3 Å². The van der Waals surface area contributed by atoms with Gasteiger partial charge in [0.15, 0.2) is 0 Å². The molecule has 1 heterocycles. The van der Waals surface area contributed by atoms with E-state index in [2.05, 4.69) is 5.43 Å². The van der Waals surface area contributed by atoms with Crippen LogP contribution in [0.2, 0.25) is 5.02 Å². The predicted molar refractivity (Wildman–Crippen MR) is 82.8 cm³/mol. The summed E-state index contributed by atoms with van der Waals surface area (Å²) >= 11 is 5.68. The van der Waals surface area contributed by atoms with Crippen molar-refractivity contribution in [3.05, 3.63) is 69.1 Å². The number of nitrogens with one attached hydrogen (secondary N) is 2. The van der Waals surface area contributed by atoms with Crippen molar-refractivity contribution in [3.8, 4) is 0 Å². The zero-order valence-corrected chi connectivity index (χ0v) is 13.2. The molecule has 2 rings (SSSR count). The lowest BCUT2D eigenvalue weighted by molar-refractivity contribution is -0.138. The van der Waals surface area contributed by atoms with Gasteiger partial charge in [-0.2, -0.15) is 13.2 Å². The molecule has 1 aromatic heterocycles. The number of pyridine rings is 1. The van der Waals surface area contributed by atoms with E-state index in [4.69, 9.17) is 11.6 Å². The summed E-state index contributed by atoms with van der Waals surface area (Å²) < 4.78 is 38.5. The van der Waals surface area contributed by atoms with Crippen molar-refractivity contribution in [2.75, 3.05) is 0 Å². The quantitative estimate of drug-likeness (QED) is 0.807. The first kappa shape index (κ1) is 18.5. The molecule has 0 spiro atoms. The number of halogens is 4. The Morgan fingerprint density at radius 3 is 2.28 bits per heavy atom. The van der Waals surface area contributed by atoms with E-state index < -0.39 is 35.7 Å². The highest BCUT2D eigenvalue weighted by molar-refractivity contribution is 6.30. The Labute approximate surface area is 144 Å². The first-order chi connectivity index (χ1) is 11.7. The summed E-state index contributed by atoms with van der Waals surface area (Å²) in [6.07, 6.45) is -4.11. The maximum absolute atomic E-state index is 12.6. The number of alkyl halides is 3. The molecule has 25 heavy (non-hydrogen) atoms. The molecule has 0 radical (unpaired) electrons. The average molecular weight is 374 g/mol. The molecule has 1 aromatic carbocycles. The number of nitrogens with zero attached hydrogens (tertiary/aromatic N) is 1. The number of aromatic nitrogens is 1. The topological polar surface area (TPSA) is 80.2 Å². The van der Waals surface area contributed by atoms with Crippen molar-refractivity contribution in [2.24, 2.45) is 0 Å². The van der Waals surface area contributed by atoms with E-state index in [9.17, 15) is 27.6 Å². The Morgan fingerprint density at radius 1 is 1.04 bits per heavy atom. The summed E-state index contributed by atoms with van der Waals surface area (Å²) in [6, 6.07) is 7.12. The molecule has 2 aromatic rings. The highest BCUT2D eigenvalue weighted by Crippen LogP contribution is 2.27. The van der Waals surface area contributed by atoms with Crippen LogP contribution in [0.25, 0.3) is 0 Å². The fourth-order valence-corrected chi connectivity index (χ4v) is 1.94. The monoisotopic (exact) mass is 373 g/mol. The SMILES string of the molecule is O=C(Cn1cc(C(F)(F)F)ccc1=O)NNC(=O)c1ccc(Cl)cc1.